The van der Waals surface area contributed by atoms with Crippen LogP contribution in [0, 0.1) is 52.3 Å². The Kier molecular flexibility index (Phi) is 7.55. The summed E-state index contributed by atoms with van der Waals surface area (Å²) >= 11 is 11.9. The molecule has 0 unspecified atom stereocenters. The molecule has 5 aliphatic rings. The van der Waals surface area contributed by atoms with Gasteiger partial charge in [0, 0.05) is 38.3 Å². The third kappa shape index (κ3) is 5.47. The second-order valence-corrected chi connectivity index (χ2v) is 13.0. The number of nitrogens with one attached hydrogen (secondary N) is 2. The van der Waals surface area contributed by atoms with Crippen molar-refractivity contribution in [2.45, 2.75) is 44.9 Å². The van der Waals surface area contributed by atoms with Crippen molar-refractivity contribution in [3.63, 3.8) is 0 Å². The summed E-state index contributed by atoms with van der Waals surface area (Å²) in [6, 6.07) is 5.15. The smallest absolute Gasteiger partial charge is 0.226 e. The van der Waals surface area contributed by atoms with Crippen LogP contribution in [-0.4, -0.2) is 37.2 Å². The summed E-state index contributed by atoms with van der Waals surface area (Å²) in [6.45, 7) is 0.526. The third-order valence-electron chi connectivity index (χ3n) is 9.28. The number of thiocarbonyl (C=S) groups is 1. The van der Waals surface area contributed by atoms with Crippen molar-refractivity contribution in [2.75, 3.05) is 41.3 Å². The highest BCUT2D eigenvalue weighted by molar-refractivity contribution is 7.80. The van der Waals surface area contributed by atoms with Crippen molar-refractivity contribution in [1.29, 1.82) is 0 Å². The maximum Gasteiger partial charge on any atom is 0.226 e. The lowest BCUT2D eigenvalue weighted by Crippen LogP contribution is -2.48. The fourth-order valence-electron chi connectivity index (χ4n) is 8.06. The first-order valence-electron chi connectivity index (χ1n) is 13.9. The van der Waals surface area contributed by atoms with Gasteiger partial charge >= 0.3 is 0 Å². The molecule has 1 amide bonds. The molecule has 41 heavy (non-hydrogen) atoms. The summed E-state index contributed by atoms with van der Waals surface area (Å²) in [4.78, 5) is 15.9. The molecule has 12 heteroatoms. The average molecular weight is 613 g/mol. The van der Waals surface area contributed by atoms with Crippen LogP contribution >= 0.6 is 23.8 Å². The fourth-order valence-corrected chi connectivity index (χ4v) is 8.60. The first-order valence-corrected chi connectivity index (χ1v) is 14.7. The van der Waals surface area contributed by atoms with Crippen molar-refractivity contribution in [2.24, 2.45) is 23.2 Å². The van der Waals surface area contributed by atoms with Gasteiger partial charge in [0.25, 0.3) is 0 Å². The van der Waals surface area contributed by atoms with Crippen LogP contribution < -0.4 is 20.4 Å². The predicted molar refractivity (Wildman–Crippen MR) is 152 cm³/mol. The Balaban J connectivity index is 1.04. The highest BCUT2D eigenvalue weighted by Crippen LogP contribution is 2.61. The number of hydrogen-bond acceptors (Lipinski definition) is 4. The standard InChI is InChI=1S/C29H30ClF5N4OS/c30-19-10-18(36-28(41)37-21(40)14-29-11-15-7-16(12-29)9-17(8-15)13-29)1-2-20(19)38-3-5-39(6-4-38)27-25(34)23(32)22(31)24(33)26(27)35/h1-2,10,15-17H,3-9,11-14H2,(H2,36,37,40,41). The van der Waals surface area contributed by atoms with Crippen molar-refractivity contribution in [3.8, 4) is 0 Å². The number of nitrogens with zero attached hydrogens (tertiary/aromatic N) is 2. The van der Waals surface area contributed by atoms with E-state index in [1.165, 1.54) is 19.3 Å². The molecule has 7 rings (SSSR count). The highest BCUT2D eigenvalue weighted by Gasteiger charge is 2.51. The Morgan fingerprint density at radius 3 is 1.90 bits per heavy atom. The molecule has 0 spiro atoms. The Morgan fingerprint density at radius 2 is 1.37 bits per heavy atom. The molecule has 2 N–H and O–H groups in total. The fraction of sp³-hybridized carbons (Fsp3) is 0.517. The number of halogens is 6. The van der Waals surface area contributed by atoms with Crippen LogP contribution in [0.15, 0.2) is 18.2 Å². The lowest BCUT2D eigenvalue weighted by atomic mass is 9.49. The minimum atomic E-state index is -2.18. The van der Waals surface area contributed by atoms with E-state index in [9.17, 15) is 26.7 Å². The van der Waals surface area contributed by atoms with E-state index in [1.807, 2.05) is 4.90 Å². The maximum atomic E-state index is 14.2. The van der Waals surface area contributed by atoms with Gasteiger partial charge in [0.15, 0.2) is 28.4 Å². The molecule has 0 atom stereocenters. The molecule has 220 valence electrons. The number of carbonyl (C=O) groups excluding carboxylic acids is 1. The summed E-state index contributed by atoms with van der Waals surface area (Å²) in [7, 11) is 0. The van der Waals surface area contributed by atoms with Gasteiger partial charge < -0.3 is 20.4 Å². The number of amides is 1. The van der Waals surface area contributed by atoms with E-state index in [0.717, 1.165) is 41.9 Å². The molecule has 4 aliphatic carbocycles. The average Bonchev–Trinajstić information content (AvgIpc) is 2.90. The maximum absolute atomic E-state index is 14.2. The molecule has 5 fully saturated rings. The Morgan fingerprint density at radius 1 is 0.854 bits per heavy atom. The Bertz CT molecular complexity index is 1340. The first-order chi connectivity index (χ1) is 19.5. The van der Waals surface area contributed by atoms with Gasteiger partial charge in [-0.15, -0.1) is 0 Å². The molecule has 1 saturated heterocycles. The summed E-state index contributed by atoms with van der Waals surface area (Å²) in [6.07, 6.45) is 7.86. The van der Waals surface area contributed by atoms with E-state index < -0.39 is 34.8 Å². The number of rotatable bonds is 5. The van der Waals surface area contributed by atoms with E-state index in [-0.39, 0.29) is 42.6 Å². The van der Waals surface area contributed by atoms with E-state index in [4.69, 9.17) is 23.8 Å². The van der Waals surface area contributed by atoms with Crippen LogP contribution in [0.3, 0.4) is 0 Å². The predicted octanol–water partition coefficient (Wildman–Crippen LogP) is 6.78. The Hall–Kier alpha value is -2.66. The number of piperazine rings is 1. The topological polar surface area (TPSA) is 47.6 Å². The van der Waals surface area contributed by atoms with Gasteiger partial charge in [-0.3, -0.25) is 4.79 Å². The zero-order chi connectivity index (χ0) is 29.1. The van der Waals surface area contributed by atoms with Gasteiger partial charge in [-0.1, -0.05) is 11.6 Å². The van der Waals surface area contributed by atoms with Gasteiger partial charge in [0.05, 0.1) is 10.7 Å². The minimum absolute atomic E-state index is 0.0224. The van der Waals surface area contributed by atoms with Crippen LogP contribution in [0.25, 0.3) is 0 Å². The lowest BCUT2D eigenvalue weighted by molar-refractivity contribution is -0.127. The van der Waals surface area contributed by atoms with Gasteiger partial charge in [-0.05, 0) is 92.1 Å². The molecule has 1 heterocycles. The molecule has 0 aromatic heterocycles. The second-order valence-electron chi connectivity index (χ2n) is 12.2. The van der Waals surface area contributed by atoms with Crippen molar-refractivity contribution in [1.82, 2.24) is 5.32 Å². The molecule has 2 aromatic carbocycles. The van der Waals surface area contributed by atoms with Gasteiger partial charge in [0.2, 0.25) is 11.7 Å². The lowest BCUT2D eigenvalue weighted by Gasteiger charge is -2.56. The zero-order valence-electron chi connectivity index (χ0n) is 22.2. The molecule has 4 bridgehead atoms. The molecule has 4 saturated carbocycles. The van der Waals surface area contributed by atoms with E-state index in [0.29, 0.717) is 22.8 Å². The van der Waals surface area contributed by atoms with Crippen molar-refractivity contribution >= 4 is 51.9 Å². The summed E-state index contributed by atoms with van der Waals surface area (Å²) in [5.74, 6) is -7.57. The number of hydrogen-bond donors (Lipinski definition) is 2. The monoisotopic (exact) mass is 612 g/mol. The quantitative estimate of drug-likeness (QED) is 0.169. The molecular formula is C29H30ClF5N4OS. The van der Waals surface area contributed by atoms with E-state index >= 15 is 0 Å². The van der Waals surface area contributed by atoms with Gasteiger partial charge in [-0.2, -0.15) is 0 Å². The normalized spacial score (nSPS) is 26.8. The molecular weight excluding hydrogens is 583 g/mol. The molecule has 2 aromatic rings. The van der Waals surface area contributed by atoms with Gasteiger partial charge in [0.1, 0.15) is 5.69 Å². The van der Waals surface area contributed by atoms with E-state index in [1.54, 1.807) is 18.2 Å². The summed E-state index contributed by atoms with van der Waals surface area (Å²) in [5, 5.41) is 6.41. The molecule has 1 aliphatic heterocycles. The SMILES string of the molecule is O=C(CC12CC3CC(CC(C3)C1)C2)NC(=S)Nc1ccc(N2CCN(c3c(F)c(F)c(F)c(F)c3F)CC2)c(Cl)c1. The van der Waals surface area contributed by atoms with Crippen LogP contribution in [0.4, 0.5) is 39.0 Å². The second kappa shape index (κ2) is 10.9. The van der Waals surface area contributed by atoms with E-state index in [2.05, 4.69) is 10.6 Å². The summed E-state index contributed by atoms with van der Waals surface area (Å²) in [5.41, 5.74) is 0.412. The van der Waals surface area contributed by atoms with Crippen LogP contribution in [0.5, 0.6) is 0 Å². The van der Waals surface area contributed by atoms with Crippen molar-refractivity contribution in [3.05, 3.63) is 52.3 Å². The molecule has 5 nitrogen and oxygen atoms in total. The van der Waals surface area contributed by atoms with Crippen molar-refractivity contribution < 1.29 is 26.7 Å². The largest absolute Gasteiger partial charge is 0.367 e. The highest BCUT2D eigenvalue weighted by atomic mass is 35.5. The molecule has 0 radical (unpaired) electrons. The zero-order valence-corrected chi connectivity index (χ0v) is 23.8. The third-order valence-corrected chi connectivity index (χ3v) is 9.79. The van der Waals surface area contributed by atoms with Crippen LogP contribution in [0.2, 0.25) is 5.02 Å². The first kappa shape index (κ1) is 28.5. The van der Waals surface area contributed by atoms with Crippen LogP contribution in [0.1, 0.15) is 44.9 Å². The number of benzene rings is 2. The summed E-state index contributed by atoms with van der Waals surface area (Å²) < 4.78 is 69.2. The minimum Gasteiger partial charge on any atom is -0.367 e. The number of carbonyl (C=O) groups is 1. The number of anilines is 3. The Labute approximate surface area is 245 Å². The van der Waals surface area contributed by atoms with Crippen LogP contribution in [-0.2, 0) is 4.79 Å². The van der Waals surface area contributed by atoms with Gasteiger partial charge in [-0.25, -0.2) is 22.0 Å².